The molecule has 4 rings (SSSR count). The lowest BCUT2D eigenvalue weighted by Crippen LogP contribution is -2.52. The van der Waals surface area contributed by atoms with E-state index < -0.39 is 30.1 Å². The van der Waals surface area contributed by atoms with Gasteiger partial charge in [0.1, 0.15) is 12.6 Å². The Hall–Kier alpha value is -3.35. The summed E-state index contributed by atoms with van der Waals surface area (Å²) in [4.78, 5) is 37.1. The maximum atomic E-state index is 12.9. The largest absolute Gasteiger partial charge is 0.480 e. The lowest BCUT2D eigenvalue weighted by Gasteiger charge is -2.28. The predicted octanol–water partition coefficient (Wildman–Crippen LogP) is 4.17. The van der Waals surface area contributed by atoms with Gasteiger partial charge in [0.2, 0.25) is 5.91 Å². The monoisotopic (exact) mass is 464 g/mol. The van der Waals surface area contributed by atoms with Crippen molar-refractivity contribution in [1.82, 2.24) is 10.6 Å². The zero-order valence-corrected chi connectivity index (χ0v) is 19.8. The highest BCUT2D eigenvalue weighted by Crippen LogP contribution is 2.44. The number of carbonyl (C=O) groups excluding carboxylic acids is 2. The molecule has 3 N–H and O–H groups in total. The van der Waals surface area contributed by atoms with E-state index in [9.17, 15) is 19.5 Å². The van der Waals surface area contributed by atoms with Gasteiger partial charge in [-0.1, -0.05) is 62.4 Å². The number of benzene rings is 2. The fourth-order valence-electron chi connectivity index (χ4n) is 5.08. The highest BCUT2D eigenvalue weighted by Gasteiger charge is 2.40. The number of nitrogens with one attached hydrogen (secondary N) is 2. The molecule has 0 heterocycles. The van der Waals surface area contributed by atoms with Gasteiger partial charge in [0, 0.05) is 12.0 Å². The third kappa shape index (κ3) is 4.93. The first-order valence-electron chi connectivity index (χ1n) is 11.9. The normalized spacial score (nSPS) is 17.3. The number of rotatable bonds is 9. The summed E-state index contributed by atoms with van der Waals surface area (Å²) >= 11 is 0. The Kier molecular flexibility index (Phi) is 6.91. The van der Waals surface area contributed by atoms with E-state index in [1.807, 2.05) is 38.1 Å². The molecule has 0 saturated heterocycles. The Morgan fingerprint density at radius 3 is 2.00 bits per heavy atom. The van der Waals surface area contributed by atoms with Crippen LogP contribution < -0.4 is 10.6 Å². The number of carboxylic acid groups (broad SMARTS) is 1. The van der Waals surface area contributed by atoms with Crippen molar-refractivity contribution in [2.24, 2.45) is 17.8 Å². The number of aliphatic carboxylic acids is 1. The van der Waals surface area contributed by atoms with Crippen molar-refractivity contribution in [1.29, 1.82) is 0 Å². The highest BCUT2D eigenvalue weighted by atomic mass is 16.5. The fraction of sp³-hybridized carbons (Fsp3) is 0.444. The second kappa shape index (κ2) is 9.87. The van der Waals surface area contributed by atoms with E-state index in [-0.39, 0.29) is 30.3 Å². The van der Waals surface area contributed by atoms with Gasteiger partial charge >= 0.3 is 12.1 Å². The van der Waals surface area contributed by atoms with Crippen molar-refractivity contribution in [2.45, 2.75) is 51.6 Å². The maximum Gasteiger partial charge on any atom is 0.407 e. The van der Waals surface area contributed by atoms with Crippen LogP contribution >= 0.6 is 0 Å². The summed E-state index contributed by atoms with van der Waals surface area (Å²) in [5, 5.41) is 14.9. The minimum atomic E-state index is -1.02. The smallest absolute Gasteiger partial charge is 0.407 e. The van der Waals surface area contributed by atoms with E-state index >= 15 is 0 Å². The third-order valence-electron chi connectivity index (χ3n) is 6.91. The van der Waals surface area contributed by atoms with Gasteiger partial charge in [-0.3, -0.25) is 4.79 Å². The number of alkyl carbamates (subject to hydrolysis) is 1. The summed E-state index contributed by atoms with van der Waals surface area (Å²) in [6, 6.07) is 14.8. The minimum absolute atomic E-state index is 0.0142. The molecule has 2 aliphatic rings. The summed E-state index contributed by atoms with van der Waals surface area (Å²) in [6.07, 6.45) is 1.01. The van der Waals surface area contributed by atoms with Gasteiger partial charge in [0.25, 0.3) is 0 Å². The summed E-state index contributed by atoms with van der Waals surface area (Å²) in [7, 11) is 0. The van der Waals surface area contributed by atoms with Crippen LogP contribution in [-0.4, -0.2) is 41.8 Å². The lowest BCUT2D eigenvalue weighted by atomic mass is 9.88. The summed E-state index contributed by atoms with van der Waals surface area (Å²) in [5.41, 5.74) is 4.56. The van der Waals surface area contributed by atoms with Gasteiger partial charge in [-0.15, -0.1) is 0 Å². The molecule has 34 heavy (non-hydrogen) atoms. The molecule has 2 aromatic carbocycles. The number of fused-ring (bicyclic) bond motifs is 3. The van der Waals surface area contributed by atoms with E-state index in [1.165, 1.54) is 0 Å². The molecule has 0 bridgehead atoms. The van der Waals surface area contributed by atoms with Crippen LogP contribution in [0.15, 0.2) is 48.5 Å². The lowest BCUT2D eigenvalue weighted by molar-refractivity contribution is -0.143. The maximum absolute atomic E-state index is 12.9. The zero-order chi connectivity index (χ0) is 24.4. The molecule has 0 aliphatic heterocycles. The second-order valence-corrected chi connectivity index (χ2v) is 9.69. The minimum Gasteiger partial charge on any atom is -0.480 e. The van der Waals surface area contributed by atoms with Crippen LogP contribution in [0.5, 0.6) is 0 Å². The van der Waals surface area contributed by atoms with Gasteiger partial charge in [-0.05, 0) is 53.9 Å². The topological polar surface area (TPSA) is 105 Å². The van der Waals surface area contributed by atoms with E-state index in [2.05, 4.69) is 34.9 Å². The van der Waals surface area contributed by atoms with Crippen LogP contribution in [0, 0.1) is 17.8 Å². The van der Waals surface area contributed by atoms with E-state index in [0.29, 0.717) is 0 Å². The number of hydrogen-bond acceptors (Lipinski definition) is 4. The zero-order valence-electron chi connectivity index (χ0n) is 19.8. The predicted molar refractivity (Wildman–Crippen MR) is 128 cm³/mol. The molecule has 7 nitrogen and oxygen atoms in total. The highest BCUT2D eigenvalue weighted by molar-refractivity contribution is 5.86. The van der Waals surface area contributed by atoms with Crippen LogP contribution in [0.4, 0.5) is 4.79 Å². The van der Waals surface area contributed by atoms with Crippen molar-refractivity contribution in [3.8, 4) is 11.1 Å². The van der Waals surface area contributed by atoms with Crippen molar-refractivity contribution < 1.29 is 24.2 Å². The van der Waals surface area contributed by atoms with Crippen LogP contribution in [0.3, 0.4) is 0 Å². The Bertz CT molecular complexity index is 1030. The fourth-order valence-corrected chi connectivity index (χ4v) is 5.08. The van der Waals surface area contributed by atoms with Gasteiger partial charge in [0.15, 0.2) is 0 Å². The quantitative estimate of drug-likeness (QED) is 0.517. The van der Waals surface area contributed by atoms with Crippen molar-refractivity contribution in [3.63, 3.8) is 0 Å². The number of amides is 2. The average molecular weight is 465 g/mol. The molecule has 180 valence electrons. The Labute approximate surface area is 199 Å². The van der Waals surface area contributed by atoms with E-state index in [1.54, 1.807) is 6.92 Å². The molecular weight excluding hydrogens is 432 g/mol. The van der Waals surface area contributed by atoms with Crippen LogP contribution in [0.25, 0.3) is 11.1 Å². The number of hydrogen-bond donors (Lipinski definition) is 3. The molecule has 2 aliphatic carbocycles. The van der Waals surface area contributed by atoms with Crippen LogP contribution in [-0.2, 0) is 14.3 Å². The second-order valence-electron chi connectivity index (χ2n) is 9.69. The third-order valence-corrected chi connectivity index (χ3v) is 6.91. The number of carboxylic acids is 1. The molecule has 1 fully saturated rings. The summed E-state index contributed by atoms with van der Waals surface area (Å²) in [6.45, 7) is 5.70. The SMILES string of the molecule is CC(C)C(C(=O)NC(C(=O)O)C1CC1)C(C)NC(=O)OCC1c2ccccc2-c2ccccc21. The first-order valence-corrected chi connectivity index (χ1v) is 11.9. The Morgan fingerprint density at radius 1 is 0.941 bits per heavy atom. The molecule has 3 atom stereocenters. The number of carbonyl (C=O) groups is 3. The molecule has 1 saturated carbocycles. The van der Waals surface area contributed by atoms with Crippen LogP contribution in [0.2, 0.25) is 0 Å². The van der Waals surface area contributed by atoms with Crippen LogP contribution in [0.1, 0.15) is 50.7 Å². The number of ether oxygens (including phenoxy) is 1. The molecule has 0 radical (unpaired) electrons. The first-order chi connectivity index (χ1) is 16.3. The van der Waals surface area contributed by atoms with Gasteiger partial charge in [-0.25, -0.2) is 9.59 Å². The Balaban J connectivity index is 1.38. The molecular formula is C27H32N2O5. The molecule has 7 heteroatoms. The molecule has 0 aromatic heterocycles. The summed E-state index contributed by atoms with van der Waals surface area (Å²) < 4.78 is 5.61. The molecule has 2 amide bonds. The van der Waals surface area contributed by atoms with E-state index in [0.717, 1.165) is 35.1 Å². The van der Waals surface area contributed by atoms with Gasteiger partial charge in [-0.2, -0.15) is 0 Å². The Morgan fingerprint density at radius 2 is 1.50 bits per heavy atom. The van der Waals surface area contributed by atoms with Crippen molar-refractivity contribution in [2.75, 3.05) is 6.61 Å². The molecule has 2 aromatic rings. The van der Waals surface area contributed by atoms with E-state index in [4.69, 9.17) is 4.74 Å². The standard InChI is InChI=1S/C27H32N2O5/c1-15(2)23(25(30)29-24(26(31)32)17-12-13-17)16(3)28-27(33)34-14-22-20-10-6-4-8-18(20)19-9-5-7-11-21(19)22/h4-11,15-17,22-24H,12-14H2,1-3H3,(H,28,33)(H,29,30)(H,31,32). The van der Waals surface area contributed by atoms with Gasteiger partial charge < -0.3 is 20.5 Å². The molecule has 0 spiro atoms. The van der Waals surface area contributed by atoms with Crippen molar-refractivity contribution in [3.05, 3.63) is 59.7 Å². The first kappa shape index (κ1) is 23.8. The molecule has 3 unspecified atom stereocenters. The average Bonchev–Trinajstić information content (AvgIpc) is 3.58. The van der Waals surface area contributed by atoms with Crippen molar-refractivity contribution >= 4 is 18.0 Å². The van der Waals surface area contributed by atoms with Gasteiger partial charge in [0.05, 0.1) is 5.92 Å². The summed E-state index contributed by atoms with van der Waals surface area (Å²) in [5.74, 6) is -2.12.